The number of rotatable bonds is 6. The largest absolute Gasteiger partial charge is 0.487 e. The summed E-state index contributed by atoms with van der Waals surface area (Å²) in [6, 6.07) is 21.5. The fourth-order valence-corrected chi connectivity index (χ4v) is 5.26. The second kappa shape index (κ2) is 11.3. The van der Waals surface area contributed by atoms with Crippen LogP contribution in [0, 0.1) is 29.0 Å². The third-order valence-corrected chi connectivity index (χ3v) is 6.59. The smallest absolute Gasteiger partial charge is 0.266 e. The number of aryl methyl sites for hydroxylation is 1. The molecule has 0 unspecified atom stereocenters. The second-order valence-electron chi connectivity index (χ2n) is 6.72. The Balaban J connectivity index is 1.76. The van der Waals surface area contributed by atoms with Crippen LogP contribution >= 0.6 is 67.8 Å². The number of hydrogen-bond donors (Lipinski definition) is 1. The molecule has 156 valence electrons. The van der Waals surface area contributed by atoms with E-state index in [1.807, 2.05) is 67.6 Å². The standard InChI is InChI=1S/C24H17I3N2O2/c1-15-3-2-4-20(9-15)29-24(30)18(13-28)10-17-11-21(26)23(22(27)12-17)31-14-16-5-7-19(25)8-6-16/h2-12H,14H2,1H3,(H,29,30)/b18-10-. The maximum Gasteiger partial charge on any atom is 0.266 e. The molecule has 3 rings (SSSR count). The normalized spacial score (nSPS) is 11.0. The molecule has 31 heavy (non-hydrogen) atoms. The molecular weight excluding hydrogens is 729 g/mol. The second-order valence-corrected chi connectivity index (χ2v) is 10.3. The molecule has 7 heteroatoms. The fraction of sp³-hybridized carbons (Fsp3) is 0.0833. The van der Waals surface area contributed by atoms with Gasteiger partial charge in [0.25, 0.3) is 5.91 Å². The predicted octanol–water partition coefficient (Wildman–Crippen LogP) is 6.93. The van der Waals surface area contributed by atoms with Crippen molar-refractivity contribution in [2.24, 2.45) is 0 Å². The van der Waals surface area contributed by atoms with Gasteiger partial charge < -0.3 is 10.1 Å². The molecule has 0 fully saturated rings. The number of benzene rings is 3. The Hall–Kier alpha value is -1.65. The summed E-state index contributed by atoms with van der Waals surface area (Å²) in [5.41, 5.74) is 3.60. The predicted molar refractivity (Wildman–Crippen MR) is 149 cm³/mol. The summed E-state index contributed by atoms with van der Waals surface area (Å²) >= 11 is 6.70. The number of nitrogens with zero attached hydrogens (tertiary/aromatic N) is 1. The van der Waals surface area contributed by atoms with Crippen molar-refractivity contribution in [1.82, 2.24) is 0 Å². The SMILES string of the molecule is Cc1cccc(NC(=O)/C(C#N)=C\c2cc(I)c(OCc3ccc(I)cc3)c(I)c2)c1. The van der Waals surface area contributed by atoms with Crippen LogP contribution in [0.5, 0.6) is 5.75 Å². The van der Waals surface area contributed by atoms with Crippen LogP contribution in [0.1, 0.15) is 16.7 Å². The van der Waals surface area contributed by atoms with Gasteiger partial charge in [-0.05, 0) is 134 Å². The highest BCUT2D eigenvalue weighted by Crippen LogP contribution is 2.30. The maximum atomic E-state index is 12.5. The first-order valence-corrected chi connectivity index (χ1v) is 12.5. The number of nitrogens with one attached hydrogen (secondary N) is 1. The Labute approximate surface area is 222 Å². The van der Waals surface area contributed by atoms with Crippen LogP contribution in [0.15, 0.2) is 66.2 Å². The van der Waals surface area contributed by atoms with Gasteiger partial charge in [0.2, 0.25) is 0 Å². The van der Waals surface area contributed by atoms with Gasteiger partial charge in [-0.15, -0.1) is 0 Å². The molecule has 0 bridgehead atoms. The monoisotopic (exact) mass is 746 g/mol. The molecule has 3 aromatic rings. The summed E-state index contributed by atoms with van der Waals surface area (Å²) in [5.74, 6) is 0.358. The van der Waals surface area contributed by atoms with Crippen LogP contribution in [-0.4, -0.2) is 5.91 Å². The van der Waals surface area contributed by atoms with Crippen LogP contribution in [0.2, 0.25) is 0 Å². The first kappa shape index (κ1) is 24.0. The lowest BCUT2D eigenvalue weighted by Gasteiger charge is -2.12. The lowest BCUT2D eigenvalue weighted by Crippen LogP contribution is -2.13. The van der Waals surface area contributed by atoms with Crippen LogP contribution in [0.4, 0.5) is 5.69 Å². The average Bonchev–Trinajstić information content (AvgIpc) is 2.72. The summed E-state index contributed by atoms with van der Waals surface area (Å²) in [5, 5.41) is 12.3. The molecule has 0 aliphatic rings. The van der Waals surface area contributed by atoms with Crippen LogP contribution in [0.25, 0.3) is 6.08 Å². The van der Waals surface area contributed by atoms with Gasteiger partial charge in [-0.3, -0.25) is 4.79 Å². The highest BCUT2D eigenvalue weighted by molar-refractivity contribution is 14.1. The van der Waals surface area contributed by atoms with E-state index >= 15 is 0 Å². The minimum absolute atomic E-state index is 0.0423. The van der Waals surface area contributed by atoms with E-state index in [1.54, 1.807) is 12.1 Å². The van der Waals surface area contributed by atoms with E-state index in [0.717, 1.165) is 29.6 Å². The number of carbonyl (C=O) groups is 1. The zero-order valence-electron chi connectivity index (χ0n) is 16.5. The van der Waals surface area contributed by atoms with Crippen molar-refractivity contribution in [2.75, 3.05) is 5.32 Å². The van der Waals surface area contributed by atoms with Crippen molar-refractivity contribution >= 4 is 85.4 Å². The summed E-state index contributed by atoms with van der Waals surface area (Å²) in [6.07, 6.45) is 1.60. The number of halogens is 3. The van der Waals surface area contributed by atoms with E-state index in [4.69, 9.17) is 4.74 Å². The van der Waals surface area contributed by atoms with Crippen molar-refractivity contribution in [3.05, 3.63) is 93.6 Å². The molecule has 0 saturated carbocycles. The Morgan fingerprint density at radius 3 is 2.35 bits per heavy atom. The van der Waals surface area contributed by atoms with Crippen molar-refractivity contribution in [3.8, 4) is 11.8 Å². The van der Waals surface area contributed by atoms with Crippen LogP contribution in [-0.2, 0) is 11.4 Å². The van der Waals surface area contributed by atoms with Crippen LogP contribution in [0.3, 0.4) is 0 Å². The third-order valence-electron chi connectivity index (χ3n) is 4.27. The van der Waals surface area contributed by atoms with Crippen molar-refractivity contribution in [3.63, 3.8) is 0 Å². The fourth-order valence-electron chi connectivity index (χ4n) is 2.77. The van der Waals surface area contributed by atoms with E-state index in [9.17, 15) is 10.1 Å². The topological polar surface area (TPSA) is 62.1 Å². The number of anilines is 1. The first-order chi connectivity index (χ1) is 14.9. The lowest BCUT2D eigenvalue weighted by molar-refractivity contribution is -0.112. The number of carbonyl (C=O) groups excluding carboxylic acids is 1. The molecule has 0 aliphatic heterocycles. The van der Waals surface area contributed by atoms with Gasteiger partial charge >= 0.3 is 0 Å². The van der Waals surface area contributed by atoms with Crippen molar-refractivity contribution < 1.29 is 9.53 Å². The van der Waals surface area contributed by atoms with Crippen LogP contribution < -0.4 is 10.1 Å². The minimum atomic E-state index is -0.433. The molecule has 3 aromatic carbocycles. The molecular formula is C24H17I3N2O2. The van der Waals surface area contributed by atoms with E-state index in [0.29, 0.717) is 12.3 Å². The highest BCUT2D eigenvalue weighted by atomic mass is 127. The van der Waals surface area contributed by atoms with Gasteiger partial charge in [0.05, 0.1) is 7.14 Å². The Morgan fingerprint density at radius 1 is 1.06 bits per heavy atom. The van der Waals surface area contributed by atoms with Gasteiger partial charge in [-0.1, -0.05) is 24.3 Å². The van der Waals surface area contributed by atoms with E-state index in [-0.39, 0.29) is 5.57 Å². The zero-order valence-corrected chi connectivity index (χ0v) is 22.9. The molecule has 0 atom stereocenters. The zero-order chi connectivity index (χ0) is 22.4. The molecule has 0 radical (unpaired) electrons. The van der Waals surface area contributed by atoms with Gasteiger partial charge in [0, 0.05) is 9.26 Å². The molecule has 0 spiro atoms. The van der Waals surface area contributed by atoms with Crippen molar-refractivity contribution in [2.45, 2.75) is 13.5 Å². The summed E-state index contributed by atoms with van der Waals surface area (Å²) in [6.45, 7) is 2.42. The van der Waals surface area contributed by atoms with E-state index < -0.39 is 5.91 Å². The third kappa shape index (κ3) is 6.92. The summed E-state index contributed by atoms with van der Waals surface area (Å²) in [4.78, 5) is 12.5. The van der Waals surface area contributed by atoms with E-state index in [2.05, 4.69) is 73.1 Å². The Kier molecular flexibility index (Phi) is 8.74. The summed E-state index contributed by atoms with van der Waals surface area (Å²) < 4.78 is 9.05. The summed E-state index contributed by atoms with van der Waals surface area (Å²) in [7, 11) is 0. The van der Waals surface area contributed by atoms with Gasteiger partial charge in [-0.2, -0.15) is 5.26 Å². The molecule has 0 aromatic heterocycles. The molecule has 1 N–H and O–H groups in total. The van der Waals surface area contributed by atoms with Gasteiger partial charge in [-0.25, -0.2) is 0 Å². The molecule has 0 saturated heterocycles. The lowest BCUT2D eigenvalue weighted by atomic mass is 10.1. The Bertz CT molecular complexity index is 1160. The number of hydrogen-bond acceptors (Lipinski definition) is 3. The average molecular weight is 746 g/mol. The quantitative estimate of drug-likeness (QED) is 0.169. The van der Waals surface area contributed by atoms with Gasteiger partial charge in [0.15, 0.2) is 0 Å². The molecule has 4 nitrogen and oxygen atoms in total. The molecule has 0 heterocycles. The highest BCUT2D eigenvalue weighted by Gasteiger charge is 2.13. The number of ether oxygens (including phenoxy) is 1. The maximum absolute atomic E-state index is 12.5. The molecule has 0 aliphatic carbocycles. The number of nitriles is 1. The van der Waals surface area contributed by atoms with Crippen molar-refractivity contribution in [1.29, 1.82) is 5.26 Å². The minimum Gasteiger partial charge on any atom is -0.487 e. The van der Waals surface area contributed by atoms with E-state index in [1.165, 1.54) is 3.57 Å². The molecule has 1 amide bonds. The first-order valence-electron chi connectivity index (χ1n) is 9.22. The Morgan fingerprint density at radius 2 is 1.74 bits per heavy atom. The number of amides is 1. The van der Waals surface area contributed by atoms with Gasteiger partial charge in [0.1, 0.15) is 24.0 Å².